The number of aromatic nitrogens is 6. The van der Waals surface area contributed by atoms with E-state index in [1.54, 1.807) is 18.2 Å². The van der Waals surface area contributed by atoms with Crippen LogP contribution in [0.5, 0.6) is 5.88 Å². The maximum absolute atomic E-state index is 15.5. The molecule has 13 heteroatoms. The average molecular weight is 504 g/mol. The number of hydrogen-bond acceptors (Lipinski definition) is 7. The van der Waals surface area contributed by atoms with Gasteiger partial charge < -0.3 is 9.47 Å². The highest BCUT2D eigenvalue weighted by molar-refractivity contribution is 5.89. The Bertz CT molecular complexity index is 1530. The first-order valence-electron chi connectivity index (χ1n) is 12.2. The minimum absolute atomic E-state index is 0.00901. The van der Waals surface area contributed by atoms with E-state index >= 15 is 4.39 Å². The Morgan fingerprint density at radius 3 is 2.94 bits per heavy atom. The molecule has 190 valence electrons. The lowest BCUT2D eigenvalue weighted by Crippen LogP contribution is -2.55. The molecule has 0 amide bonds. The molecule has 10 nitrogen and oxygen atoms in total. The molecule has 6 rings (SSSR count). The van der Waals surface area contributed by atoms with Gasteiger partial charge in [0.25, 0.3) is 0 Å². The quantitative estimate of drug-likeness (QED) is 0.432. The zero-order chi connectivity index (χ0) is 25.7. The van der Waals surface area contributed by atoms with Gasteiger partial charge in [-0.15, -0.1) is 5.10 Å². The molecule has 36 heavy (non-hydrogen) atoms. The molecule has 0 aliphatic carbocycles. The van der Waals surface area contributed by atoms with E-state index in [1.165, 1.54) is 16.3 Å². The van der Waals surface area contributed by atoms with Gasteiger partial charge >= 0.3 is 0 Å². The highest BCUT2D eigenvalue weighted by Crippen LogP contribution is 2.34. The first kappa shape index (κ1) is 21.8. The van der Waals surface area contributed by atoms with Crippen molar-refractivity contribution in [1.82, 2.24) is 34.5 Å². The molecular weight excluding hydrogens is 477 g/mol. The molecule has 0 spiro atoms. The second kappa shape index (κ2) is 9.21. The van der Waals surface area contributed by atoms with Gasteiger partial charge in [-0.1, -0.05) is 11.3 Å². The monoisotopic (exact) mass is 503 g/mol. The summed E-state index contributed by atoms with van der Waals surface area (Å²) < 4.78 is 65.0. The smallest absolute Gasteiger partial charge is 0.243 e. The summed E-state index contributed by atoms with van der Waals surface area (Å²) in [5, 5.41) is 10.8. The molecule has 2 saturated heterocycles. The van der Waals surface area contributed by atoms with Gasteiger partial charge in [0.15, 0.2) is 5.82 Å². The SMILES string of the molecule is [2H]c1c(F)c(-c2ccc3nnn(CCF)c3c2)c2c(OC)nc(=N[C@@H]3CCN(C4COC4)C[C@H]3F)[nH]n12. The molecular formula is C23H25F3N8O2. The molecule has 5 heterocycles. The Balaban J connectivity index is 1.41. The summed E-state index contributed by atoms with van der Waals surface area (Å²) in [5.41, 5.74) is 1.76. The zero-order valence-electron chi connectivity index (χ0n) is 20.5. The zero-order valence-corrected chi connectivity index (χ0v) is 19.5. The molecule has 3 aromatic heterocycles. The van der Waals surface area contributed by atoms with Gasteiger partial charge in [-0.25, -0.2) is 22.8 Å². The second-order valence-corrected chi connectivity index (χ2v) is 8.93. The van der Waals surface area contributed by atoms with Gasteiger partial charge in [-0.05, 0) is 24.1 Å². The molecule has 2 aliphatic heterocycles. The molecule has 0 saturated carbocycles. The summed E-state index contributed by atoms with van der Waals surface area (Å²) in [5.74, 6) is -0.781. The fourth-order valence-corrected chi connectivity index (χ4v) is 4.80. The van der Waals surface area contributed by atoms with Crippen molar-refractivity contribution < 1.29 is 24.0 Å². The van der Waals surface area contributed by atoms with Gasteiger partial charge in [-0.3, -0.25) is 14.5 Å². The highest BCUT2D eigenvalue weighted by Gasteiger charge is 2.35. The molecule has 1 N–H and O–H groups in total. The number of piperidine rings is 1. The Morgan fingerprint density at radius 1 is 1.36 bits per heavy atom. The lowest BCUT2D eigenvalue weighted by atomic mass is 10.0. The number of aromatic amines is 1. The van der Waals surface area contributed by atoms with E-state index in [0.717, 1.165) is 0 Å². The predicted molar refractivity (Wildman–Crippen MR) is 124 cm³/mol. The second-order valence-electron chi connectivity index (χ2n) is 8.93. The first-order chi connectivity index (χ1) is 18.0. The summed E-state index contributed by atoms with van der Waals surface area (Å²) >= 11 is 0. The third-order valence-electron chi connectivity index (χ3n) is 6.77. The van der Waals surface area contributed by atoms with Crippen LogP contribution in [0, 0.1) is 5.82 Å². The minimum Gasteiger partial charge on any atom is -0.479 e. The summed E-state index contributed by atoms with van der Waals surface area (Å²) in [6.07, 6.45) is -1.17. The van der Waals surface area contributed by atoms with Crippen molar-refractivity contribution in [3.05, 3.63) is 35.8 Å². The van der Waals surface area contributed by atoms with Gasteiger partial charge in [0.1, 0.15) is 23.9 Å². The van der Waals surface area contributed by atoms with Gasteiger partial charge in [0, 0.05) is 13.1 Å². The van der Waals surface area contributed by atoms with Gasteiger partial charge in [0.05, 0.1) is 57.6 Å². The van der Waals surface area contributed by atoms with Crippen LogP contribution in [0.2, 0.25) is 0 Å². The lowest BCUT2D eigenvalue weighted by molar-refractivity contribution is -0.0803. The molecule has 2 aliphatic rings. The lowest BCUT2D eigenvalue weighted by Gasteiger charge is -2.41. The number of H-pyrrole nitrogens is 1. The van der Waals surface area contributed by atoms with Crippen LogP contribution in [0.15, 0.2) is 29.4 Å². The molecule has 2 atom stereocenters. The van der Waals surface area contributed by atoms with Crippen molar-refractivity contribution in [3.63, 3.8) is 0 Å². The number of alkyl halides is 2. The maximum atomic E-state index is 15.5. The van der Waals surface area contributed by atoms with E-state index in [1.807, 2.05) is 0 Å². The maximum Gasteiger partial charge on any atom is 0.243 e. The van der Waals surface area contributed by atoms with E-state index in [2.05, 4.69) is 30.3 Å². The summed E-state index contributed by atoms with van der Waals surface area (Å²) in [6.45, 7) is 1.55. The number of nitrogens with zero attached hydrogens (tertiary/aromatic N) is 7. The summed E-state index contributed by atoms with van der Waals surface area (Å²) in [7, 11) is 1.38. The summed E-state index contributed by atoms with van der Waals surface area (Å²) in [6, 6.07) is 4.53. The fourth-order valence-electron chi connectivity index (χ4n) is 4.80. The largest absolute Gasteiger partial charge is 0.479 e. The van der Waals surface area contributed by atoms with Crippen molar-refractivity contribution in [2.24, 2.45) is 4.99 Å². The van der Waals surface area contributed by atoms with E-state index in [9.17, 15) is 8.78 Å². The van der Waals surface area contributed by atoms with Crippen LogP contribution in [0.25, 0.3) is 27.7 Å². The van der Waals surface area contributed by atoms with E-state index in [4.69, 9.17) is 10.8 Å². The van der Waals surface area contributed by atoms with Crippen molar-refractivity contribution in [3.8, 4) is 17.0 Å². The molecule has 4 aromatic rings. The molecule has 2 fully saturated rings. The molecule has 1 aromatic carbocycles. The highest BCUT2D eigenvalue weighted by atomic mass is 19.1. The van der Waals surface area contributed by atoms with Crippen LogP contribution in [0.3, 0.4) is 0 Å². The van der Waals surface area contributed by atoms with Crippen molar-refractivity contribution in [1.29, 1.82) is 0 Å². The standard InChI is InChI=1S/C23H25F3N8O2/c1-35-22-21-20(13-2-3-18-19(8-13)33(7-5-24)31-29-18)16(26)10-34(21)30-23(28-22)27-17-4-6-32(9-15(17)25)14-11-36-12-14/h2-3,8,10,14-15,17H,4-7,9,11-12H2,1H3,(H,27,30)/t15-,17-/m1/s1/i10D. The molecule has 0 bridgehead atoms. The van der Waals surface area contributed by atoms with Crippen molar-refractivity contribution in [2.75, 3.05) is 40.1 Å². The van der Waals surface area contributed by atoms with Crippen LogP contribution < -0.4 is 10.4 Å². The third-order valence-corrected chi connectivity index (χ3v) is 6.77. The number of benzene rings is 1. The number of halogens is 3. The topological polar surface area (TPSA) is 97.9 Å². The Kier molecular flexibility index (Phi) is 5.58. The Labute approximate surface area is 204 Å². The Hall–Kier alpha value is -3.45. The number of likely N-dealkylation sites (tertiary alicyclic amines) is 1. The summed E-state index contributed by atoms with van der Waals surface area (Å²) in [4.78, 5) is 10.9. The van der Waals surface area contributed by atoms with Gasteiger partial charge in [-0.2, -0.15) is 4.98 Å². The number of hydrogen-bond donors (Lipinski definition) is 1. The number of ether oxygens (including phenoxy) is 2. The van der Waals surface area contributed by atoms with E-state index in [0.29, 0.717) is 42.8 Å². The van der Waals surface area contributed by atoms with Crippen LogP contribution >= 0.6 is 0 Å². The van der Waals surface area contributed by atoms with Crippen molar-refractivity contribution >= 4 is 16.6 Å². The molecule has 0 radical (unpaired) electrons. The predicted octanol–water partition coefficient (Wildman–Crippen LogP) is 1.90. The third kappa shape index (κ3) is 3.91. The number of rotatable bonds is 6. The van der Waals surface area contributed by atoms with Crippen molar-refractivity contribution in [2.45, 2.75) is 31.2 Å². The first-order valence-corrected chi connectivity index (χ1v) is 11.7. The Morgan fingerprint density at radius 2 is 2.22 bits per heavy atom. The average Bonchev–Trinajstić information content (AvgIpc) is 3.37. The fraction of sp³-hybridized carbons (Fsp3) is 0.478. The van der Waals surface area contributed by atoms with Crippen LogP contribution in [-0.2, 0) is 11.3 Å². The van der Waals surface area contributed by atoms with Crippen LogP contribution in [-0.4, -0.2) is 92.8 Å². The normalized spacial score (nSPS) is 22.3. The number of fused-ring (bicyclic) bond motifs is 2. The minimum atomic E-state index is -1.20. The number of nitrogens with one attached hydrogen (secondary N) is 1. The molecule has 0 unspecified atom stereocenters. The van der Waals surface area contributed by atoms with Crippen LogP contribution in [0.1, 0.15) is 7.79 Å². The van der Waals surface area contributed by atoms with Gasteiger partial charge in [0.2, 0.25) is 11.5 Å². The van der Waals surface area contributed by atoms with E-state index < -0.39 is 30.9 Å². The number of methoxy groups -OCH3 is 1. The van der Waals surface area contributed by atoms with E-state index in [-0.39, 0.29) is 41.7 Å². The number of aryl methyl sites for hydroxylation is 1. The van der Waals surface area contributed by atoms with Crippen LogP contribution in [0.4, 0.5) is 13.2 Å².